The molecule has 1 fully saturated rings. The van der Waals surface area contributed by atoms with E-state index in [0.717, 1.165) is 12.8 Å². The number of ether oxygens (including phenoxy) is 2. The molecule has 2 N–H and O–H groups in total. The molecular weight excluding hydrogens is 340 g/mol. The van der Waals surface area contributed by atoms with Crippen LogP contribution in [0, 0.1) is 0 Å². The van der Waals surface area contributed by atoms with Crippen molar-refractivity contribution < 1.29 is 19.1 Å². The Morgan fingerprint density at radius 3 is 2.40 bits per heavy atom. The summed E-state index contributed by atoms with van der Waals surface area (Å²) in [6.45, 7) is 4.03. The summed E-state index contributed by atoms with van der Waals surface area (Å²) in [6, 6.07) is 5.00. The van der Waals surface area contributed by atoms with Crippen molar-refractivity contribution in [2.75, 3.05) is 18.5 Å². The molecule has 136 valence electrons. The van der Waals surface area contributed by atoms with E-state index in [1.54, 1.807) is 32.0 Å². The molecule has 1 aliphatic carbocycles. The maximum absolute atomic E-state index is 12.2. The predicted molar refractivity (Wildman–Crippen MR) is 100.0 cm³/mol. The molecule has 0 unspecified atom stereocenters. The molecule has 1 saturated carbocycles. The van der Waals surface area contributed by atoms with E-state index in [-0.39, 0.29) is 13.2 Å². The van der Waals surface area contributed by atoms with Crippen LogP contribution in [0.15, 0.2) is 18.2 Å². The van der Waals surface area contributed by atoms with Gasteiger partial charge in [0.25, 0.3) is 0 Å². The van der Waals surface area contributed by atoms with Crippen molar-refractivity contribution in [3.8, 4) is 0 Å². The highest BCUT2D eigenvalue weighted by Gasteiger charge is 2.19. The summed E-state index contributed by atoms with van der Waals surface area (Å²) in [5, 5.41) is 6.71. The molecule has 2 rings (SSSR count). The van der Waals surface area contributed by atoms with Crippen LogP contribution in [0.5, 0.6) is 0 Å². The number of carbonyl (C=O) groups excluding carboxylic acids is 2. The van der Waals surface area contributed by atoms with E-state index in [2.05, 4.69) is 10.6 Å². The first-order valence-corrected chi connectivity index (χ1v) is 9.01. The normalized spacial score (nSPS) is 14.0. The Hall–Kier alpha value is -2.15. The highest BCUT2D eigenvalue weighted by molar-refractivity contribution is 7.80. The largest absolute Gasteiger partial charge is 0.462 e. The summed E-state index contributed by atoms with van der Waals surface area (Å²) >= 11 is 5.35. The van der Waals surface area contributed by atoms with Crippen molar-refractivity contribution in [2.45, 2.75) is 45.6 Å². The van der Waals surface area contributed by atoms with E-state index in [9.17, 15) is 9.59 Å². The molecule has 0 saturated heterocycles. The molecule has 6 nitrogen and oxygen atoms in total. The molecule has 0 amide bonds. The van der Waals surface area contributed by atoms with Gasteiger partial charge in [0.2, 0.25) is 0 Å². The second kappa shape index (κ2) is 9.36. The first-order chi connectivity index (χ1) is 12.0. The van der Waals surface area contributed by atoms with Crippen LogP contribution in [0.4, 0.5) is 5.69 Å². The summed E-state index contributed by atoms with van der Waals surface area (Å²) in [6.07, 6.45) is 4.53. The van der Waals surface area contributed by atoms with Gasteiger partial charge in [0, 0.05) is 6.04 Å². The molecule has 0 atom stereocenters. The Balaban J connectivity index is 2.20. The fourth-order valence-corrected chi connectivity index (χ4v) is 3.07. The quantitative estimate of drug-likeness (QED) is 0.592. The summed E-state index contributed by atoms with van der Waals surface area (Å²) in [7, 11) is 0. The van der Waals surface area contributed by atoms with Crippen LogP contribution in [-0.2, 0) is 9.47 Å². The third-order valence-electron chi connectivity index (χ3n) is 3.96. The van der Waals surface area contributed by atoms with Gasteiger partial charge in [0.05, 0.1) is 30.0 Å². The van der Waals surface area contributed by atoms with Crippen molar-refractivity contribution >= 4 is 35.0 Å². The van der Waals surface area contributed by atoms with E-state index >= 15 is 0 Å². The minimum absolute atomic E-state index is 0.267. The highest BCUT2D eigenvalue weighted by Crippen LogP contribution is 2.21. The van der Waals surface area contributed by atoms with E-state index in [4.69, 9.17) is 21.7 Å². The van der Waals surface area contributed by atoms with Crippen molar-refractivity contribution in [1.82, 2.24) is 5.32 Å². The van der Waals surface area contributed by atoms with E-state index < -0.39 is 11.9 Å². The van der Waals surface area contributed by atoms with Crippen LogP contribution < -0.4 is 10.6 Å². The molecule has 7 heteroatoms. The molecular formula is C18H24N2O4S. The molecule has 0 aliphatic heterocycles. The van der Waals surface area contributed by atoms with Crippen LogP contribution in [0.25, 0.3) is 0 Å². The highest BCUT2D eigenvalue weighted by atomic mass is 32.1. The average Bonchev–Trinajstić information content (AvgIpc) is 3.08. The van der Waals surface area contributed by atoms with Gasteiger partial charge in [-0.3, -0.25) is 0 Å². The average molecular weight is 364 g/mol. The summed E-state index contributed by atoms with van der Waals surface area (Å²) in [5.74, 6) is -0.917. The van der Waals surface area contributed by atoms with Crippen molar-refractivity contribution in [3.63, 3.8) is 0 Å². The number of hydrogen-bond donors (Lipinski definition) is 2. The lowest BCUT2D eigenvalue weighted by molar-refractivity contribution is 0.0512. The number of rotatable bonds is 6. The molecule has 0 heterocycles. The zero-order valence-electron chi connectivity index (χ0n) is 14.6. The van der Waals surface area contributed by atoms with E-state index in [0.29, 0.717) is 28.0 Å². The Morgan fingerprint density at radius 1 is 1.12 bits per heavy atom. The van der Waals surface area contributed by atoms with Gasteiger partial charge in [0.15, 0.2) is 5.11 Å². The number of hydrogen-bond acceptors (Lipinski definition) is 5. The Morgan fingerprint density at radius 2 is 1.76 bits per heavy atom. The topological polar surface area (TPSA) is 76.7 Å². The summed E-state index contributed by atoms with van der Waals surface area (Å²) in [5.41, 5.74) is 1.10. The lowest BCUT2D eigenvalue weighted by atomic mass is 10.1. The SMILES string of the molecule is CCOC(=O)c1ccc(C(=O)OCC)c(NC(=S)NC2CCCC2)c1. The van der Waals surface area contributed by atoms with Gasteiger partial charge in [-0.15, -0.1) is 0 Å². The second-order valence-electron chi connectivity index (χ2n) is 5.78. The lowest BCUT2D eigenvalue weighted by Crippen LogP contribution is -2.36. The van der Waals surface area contributed by atoms with Gasteiger partial charge in [-0.05, 0) is 57.1 Å². The number of benzene rings is 1. The van der Waals surface area contributed by atoms with Crippen LogP contribution in [-0.4, -0.2) is 36.3 Å². The van der Waals surface area contributed by atoms with Gasteiger partial charge in [0.1, 0.15) is 0 Å². The number of esters is 2. The molecule has 0 aromatic heterocycles. The van der Waals surface area contributed by atoms with Crippen molar-refractivity contribution in [2.24, 2.45) is 0 Å². The second-order valence-corrected chi connectivity index (χ2v) is 6.19. The fourth-order valence-electron chi connectivity index (χ4n) is 2.79. The molecule has 0 spiro atoms. The third kappa shape index (κ3) is 5.42. The Labute approximate surface area is 153 Å². The van der Waals surface area contributed by atoms with Crippen LogP contribution in [0.1, 0.15) is 60.2 Å². The van der Waals surface area contributed by atoms with Gasteiger partial charge >= 0.3 is 11.9 Å². The van der Waals surface area contributed by atoms with Gasteiger partial charge in [-0.25, -0.2) is 9.59 Å². The third-order valence-corrected chi connectivity index (χ3v) is 4.18. The molecule has 1 aromatic rings. The standard InChI is InChI=1S/C18H24N2O4S/c1-3-23-16(21)12-9-10-14(17(22)24-4-2)15(11-12)20-18(25)19-13-7-5-6-8-13/h9-11,13H,3-8H2,1-2H3,(H2,19,20,25). The lowest BCUT2D eigenvalue weighted by Gasteiger charge is -2.18. The Bertz CT molecular complexity index is 642. The van der Waals surface area contributed by atoms with Crippen LogP contribution in [0.3, 0.4) is 0 Å². The maximum atomic E-state index is 12.2. The van der Waals surface area contributed by atoms with Gasteiger partial charge in [-0.1, -0.05) is 12.8 Å². The molecule has 25 heavy (non-hydrogen) atoms. The summed E-state index contributed by atoms with van der Waals surface area (Å²) in [4.78, 5) is 24.1. The van der Waals surface area contributed by atoms with Crippen LogP contribution in [0.2, 0.25) is 0 Å². The Kier molecular flexibility index (Phi) is 7.18. The van der Waals surface area contributed by atoms with Crippen molar-refractivity contribution in [3.05, 3.63) is 29.3 Å². The summed E-state index contributed by atoms with van der Waals surface area (Å²) < 4.78 is 10.1. The molecule has 1 aromatic carbocycles. The molecule has 1 aliphatic rings. The minimum Gasteiger partial charge on any atom is -0.462 e. The molecule has 0 radical (unpaired) electrons. The zero-order chi connectivity index (χ0) is 18.2. The smallest absolute Gasteiger partial charge is 0.340 e. The number of thiocarbonyl (C=S) groups is 1. The monoisotopic (exact) mass is 364 g/mol. The maximum Gasteiger partial charge on any atom is 0.340 e. The zero-order valence-corrected chi connectivity index (χ0v) is 15.4. The van der Waals surface area contributed by atoms with Gasteiger partial charge in [-0.2, -0.15) is 0 Å². The van der Waals surface area contributed by atoms with E-state index in [1.807, 2.05) is 0 Å². The first kappa shape index (κ1) is 19.2. The first-order valence-electron chi connectivity index (χ1n) is 8.61. The van der Waals surface area contributed by atoms with E-state index in [1.165, 1.54) is 12.8 Å². The minimum atomic E-state index is -0.468. The number of anilines is 1. The molecule has 0 bridgehead atoms. The van der Waals surface area contributed by atoms with Crippen molar-refractivity contribution in [1.29, 1.82) is 0 Å². The predicted octanol–water partition coefficient (Wildman–Crippen LogP) is 3.27. The van der Waals surface area contributed by atoms with Crippen LogP contribution >= 0.6 is 12.2 Å². The van der Waals surface area contributed by atoms with Gasteiger partial charge < -0.3 is 20.1 Å². The fraction of sp³-hybridized carbons (Fsp3) is 0.500. The number of carbonyl (C=O) groups is 2. The number of nitrogens with one attached hydrogen (secondary N) is 2.